The smallest absolute Gasteiger partial charge is 0.123 e. The van der Waals surface area contributed by atoms with Crippen molar-refractivity contribution in [2.45, 2.75) is 6.42 Å². The Morgan fingerprint density at radius 1 is 0.750 bits per heavy atom. The third-order valence-electron chi connectivity index (χ3n) is 5.78. The Hall–Kier alpha value is -4.25. The van der Waals surface area contributed by atoms with Crippen LogP contribution in [0.25, 0.3) is 44.3 Å². The van der Waals surface area contributed by atoms with Crippen LogP contribution in [0.2, 0.25) is 0 Å². The zero-order chi connectivity index (χ0) is 21.5. The summed E-state index contributed by atoms with van der Waals surface area (Å²) < 4.78 is 13.7. The maximum Gasteiger partial charge on any atom is 0.123 e. The van der Waals surface area contributed by atoms with Crippen LogP contribution in [0.1, 0.15) is 11.4 Å². The molecule has 0 radical (unpaired) electrons. The highest BCUT2D eigenvalue weighted by molar-refractivity contribution is 6.15. The van der Waals surface area contributed by atoms with Gasteiger partial charge in [-0.2, -0.15) is 0 Å². The van der Waals surface area contributed by atoms with Gasteiger partial charge in [0.25, 0.3) is 0 Å². The Kier molecular flexibility index (Phi) is 4.32. The van der Waals surface area contributed by atoms with Crippen LogP contribution < -0.4 is 0 Å². The number of nitrogens with one attached hydrogen (secondary N) is 2. The van der Waals surface area contributed by atoms with Crippen molar-refractivity contribution in [3.8, 4) is 22.4 Å². The van der Waals surface area contributed by atoms with Crippen molar-refractivity contribution in [3.05, 3.63) is 108 Å². The second kappa shape index (κ2) is 7.46. The summed E-state index contributed by atoms with van der Waals surface area (Å²) in [6, 6.07) is 25.0. The number of rotatable bonds is 4. The summed E-state index contributed by atoms with van der Waals surface area (Å²) in [6.07, 6.45) is 4.28. The summed E-state index contributed by atoms with van der Waals surface area (Å²) in [5, 5.41) is 1.05. The molecule has 0 aliphatic rings. The highest BCUT2D eigenvalue weighted by Gasteiger charge is 2.19. The largest absolute Gasteiger partial charge is 0.354 e. The zero-order valence-corrected chi connectivity index (χ0v) is 17.1. The van der Waals surface area contributed by atoms with Gasteiger partial charge >= 0.3 is 0 Å². The van der Waals surface area contributed by atoms with Crippen molar-refractivity contribution < 1.29 is 4.39 Å². The lowest BCUT2D eigenvalue weighted by Crippen LogP contribution is -1.89. The number of hydrogen-bond acceptors (Lipinski definition) is 2. The van der Waals surface area contributed by atoms with Crippen molar-refractivity contribution in [1.29, 1.82) is 0 Å². The van der Waals surface area contributed by atoms with E-state index in [1.807, 2.05) is 48.5 Å². The summed E-state index contributed by atoms with van der Waals surface area (Å²) in [7, 11) is 0. The van der Waals surface area contributed by atoms with Crippen molar-refractivity contribution >= 4 is 21.9 Å². The van der Waals surface area contributed by atoms with E-state index < -0.39 is 0 Å². The van der Waals surface area contributed by atoms with E-state index in [4.69, 9.17) is 4.98 Å². The molecule has 0 aliphatic carbocycles. The molecule has 5 heteroatoms. The van der Waals surface area contributed by atoms with Crippen LogP contribution in [-0.2, 0) is 6.42 Å². The molecule has 0 bridgehead atoms. The number of aromatic nitrogens is 4. The second-order valence-corrected chi connectivity index (χ2v) is 7.85. The van der Waals surface area contributed by atoms with Gasteiger partial charge in [-0.3, -0.25) is 4.98 Å². The van der Waals surface area contributed by atoms with E-state index in [1.165, 1.54) is 17.7 Å². The lowest BCUT2D eigenvalue weighted by atomic mass is 9.98. The average Bonchev–Trinajstić information content (AvgIpc) is 3.42. The lowest BCUT2D eigenvalue weighted by molar-refractivity contribution is 0.628. The molecule has 2 N–H and O–H groups in total. The predicted octanol–water partition coefficient (Wildman–Crippen LogP) is 6.50. The van der Waals surface area contributed by atoms with Crippen LogP contribution >= 0.6 is 0 Å². The topological polar surface area (TPSA) is 57.4 Å². The van der Waals surface area contributed by atoms with Gasteiger partial charge in [-0.05, 0) is 47.5 Å². The molecule has 0 fully saturated rings. The second-order valence-electron chi connectivity index (χ2n) is 7.85. The van der Waals surface area contributed by atoms with Crippen LogP contribution in [0, 0.1) is 5.82 Å². The Bertz CT molecular complexity index is 1530. The maximum absolute atomic E-state index is 13.7. The first-order valence-corrected chi connectivity index (χ1v) is 10.5. The molecule has 0 unspecified atom stereocenters. The zero-order valence-electron chi connectivity index (χ0n) is 17.1. The third kappa shape index (κ3) is 3.15. The minimum Gasteiger partial charge on any atom is -0.354 e. The molecule has 0 amide bonds. The summed E-state index contributed by atoms with van der Waals surface area (Å²) in [6.45, 7) is 0. The quantitative estimate of drug-likeness (QED) is 0.343. The fraction of sp³-hybridized carbons (Fsp3) is 0.0370. The number of halogens is 1. The predicted molar refractivity (Wildman–Crippen MR) is 126 cm³/mol. The number of fused-ring (bicyclic) bond motifs is 3. The molecule has 3 aromatic heterocycles. The van der Waals surface area contributed by atoms with Gasteiger partial charge < -0.3 is 9.97 Å². The maximum atomic E-state index is 13.7. The summed E-state index contributed by atoms with van der Waals surface area (Å²) >= 11 is 0. The molecule has 0 saturated carbocycles. The molecule has 0 spiro atoms. The van der Waals surface area contributed by atoms with E-state index in [0.29, 0.717) is 0 Å². The summed E-state index contributed by atoms with van der Waals surface area (Å²) in [5.74, 6) is 0.659. The Morgan fingerprint density at radius 3 is 2.31 bits per heavy atom. The van der Waals surface area contributed by atoms with Crippen molar-refractivity contribution in [2.24, 2.45) is 0 Å². The average molecular weight is 418 g/mol. The van der Waals surface area contributed by atoms with Crippen LogP contribution in [0.4, 0.5) is 4.39 Å². The number of H-pyrrole nitrogens is 2. The molecule has 3 aromatic carbocycles. The molecule has 32 heavy (non-hydrogen) atoms. The molecule has 154 valence electrons. The number of nitrogens with zero attached hydrogens (tertiary/aromatic N) is 2. The standard InChI is InChI=1S/C27H19FN4/c28-20-8-6-18(7-9-20)24-25-21(31-26(24)19-12-14-29-15-13-19)10-11-22-27(25)32-23(30-22)16-17-4-2-1-3-5-17/h1-15,31H,16H2,(H,30,32). The third-order valence-corrected chi connectivity index (χ3v) is 5.78. The van der Waals surface area contributed by atoms with Gasteiger partial charge in [0.15, 0.2) is 0 Å². The molecule has 4 nitrogen and oxygen atoms in total. The Balaban J connectivity index is 1.61. The molecule has 6 aromatic rings. The van der Waals surface area contributed by atoms with Gasteiger partial charge in [0.1, 0.15) is 11.6 Å². The van der Waals surface area contributed by atoms with Gasteiger partial charge in [-0.1, -0.05) is 42.5 Å². The van der Waals surface area contributed by atoms with Crippen LogP contribution in [0.3, 0.4) is 0 Å². The van der Waals surface area contributed by atoms with Gasteiger partial charge in [-0.25, -0.2) is 9.37 Å². The minimum absolute atomic E-state index is 0.254. The van der Waals surface area contributed by atoms with Gasteiger partial charge in [-0.15, -0.1) is 0 Å². The molecule has 0 aliphatic heterocycles. The van der Waals surface area contributed by atoms with E-state index in [9.17, 15) is 4.39 Å². The van der Waals surface area contributed by atoms with Crippen molar-refractivity contribution in [2.75, 3.05) is 0 Å². The van der Waals surface area contributed by atoms with Crippen molar-refractivity contribution in [1.82, 2.24) is 19.9 Å². The number of benzene rings is 3. The van der Waals surface area contributed by atoms with Crippen LogP contribution in [0.15, 0.2) is 91.3 Å². The first-order valence-electron chi connectivity index (χ1n) is 10.5. The van der Waals surface area contributed by atoms with E-state index in [-0.39, 0.29) is 5.82 Å². The van der Waals surface area contributed by atoms with Crippen LogP contribution in [0.5, 0.6) is 0 Å². The molecular weight excluding hydrogens is 399 g/mol. The number of hydrogen-bond donors (Lipinski definition) is 2. The number of imidazole rings is 1. The first kappa shape index (κ1) is 18.5. The monoisotopic (exact) mass is 418 g/mol. The Morgan fingerprint density at radius 2 is 1.53 bits per heavy atom. The van der Waals surface area contributed by atoms with Gasteiger partial charge in [0.05, 0.1) is 16.7 Å². The molecule has 3 heterocycles. The SMILES string of the molecule is Fc1ccc(-c2c(-c3ccncc3)[nH]c3ccc4nc(Cc5ccccc5)[nH]c4c23)cc1. The lowest BCUT2D eigenvalue weighted by Gasteiger charge is -2.06. The number of aromatic amines is 2. The van der Waals surface area contributed by atoms with E-state index in [1.54, 1.807) is 12.4 Å². The van der Waals surface area contributed by atoms with E-state index >= 15 is 0 Å². The molecule has 0 saturated heterocycles. The molecular formula is C27H19FN4. The van der Waals surface area contributed by atoms with E-state index in [0.717, 1.165) is 56.6 Å². The fourth-order valence-corrected chi connectivity index (χ4v) is 4.33. The number of pyridine rings is 1. The normalized spacial score (nSPS) is 11.4. The minimum atomic E-state index is -0.254. The molecule has 0 atom stereocenters. The van der Waals surface area contributed by atoms with E-state index in [2.05, 4.69) is 33.2 Å². The summed E-state index contributed by atoms with van der Waals surface area (Å²) in [5.41, 5.74) is 8.04. The first-order chi connectivity index (χ1) is 15.8. The summed E-state index contributed by atoms with van der Waals surface area (Å²) in [4.78, 5) is 16.1. The van der Waals surface area contributed by atoms with Crippen LogP contribution in [-0.4, -0.2) is 19.9 Å². The van der Waals surface area contributed by atoms with Gasteiger partial charge in [0, 0.05) is 40.8 Å². The Labute approximate surface area is 183 Å². The van der Waals surface area contributed by atoms with Gasteiger partial charge in [0.2, 0.25) is 0 Å². The highest BCUT2D eigenvalue weighted by Crippen LogP contribution is 2.41. The van der Waals surface area contributed by atoms with Crippen molar-refractivity contribution in [3.63, 3.8) is 0 Å². The molecule has 6 rings (SSSR count). The highest BCUT2D eigenvalue weighted by atomic mass is 19.1. The fourth-order valence-electron chi connectivity index (χ4n) is 4.33.